The number of hydrogen-bond donors (Lipinski definition) is 2. The van der Waals surface area contributed by atoms with E-state index in [1.54, 1.807) is 0 Å². The van der Waals surface area contributed by atoms with Crippen molar-refractivity contribution < 1.29 is 9.53 Å². The molecule has 4 aromatic rings. The first-order valence-electron chi connectivity index (χ1n) is 14.2. The maximum atomic E-state index is 13.7. The summed E-state index contributed by atoms with van der Waals surface area (Å²) in [5, 5.41) is 10.5. The highest BCUT2D eigenvalue weighted by Crippen LogP contribution is 2.24. The molecule has 11 heteroatoms. The lowest BCUT2D eigenvalue weighted by Gasteiger charge is -2.33. The van der Waals surface area contributed by atoms with Gasteiger partial charge in [0.05, 0.1) is 30.8 Å². The normalized spacial score (nSPS) is 18.4. The van der Waals surface area contributed by atoms with E-state index in [9.17, 15) is 4.79 Å². The van der Waals surface area contributed by atoms with Crippen LogP contribution in [0.15, 0.2) is 36.4 Å². The summed E-state index contributed by atoms with van der Waals surface area (Å²) in [6.07, 6.45) is 2.87. The molecule has 6 rings (SSSR count). The van der Waals surface area contributed by atoms with Gasteiger partial charge in [-0.3, -0.25) is 14.8 Å². The molecule has 2 N–H and O–H groups in total. The molecule has 5 heterocycles. The maximum absolute atomic E-state index is 13.7. The standard InChI is InChI=1S/C29H37N9O2/c1-20-14-27(35-34-20)33-26-16-23(30-21(2)31-26)15-22-6-5-9-37(17-22)29(39)19-38-25-8-4-3-7-24(25)32-28(38)18-36-10-12-40-13-11-36/h3-4,7-8,14,16,22H,5-6,9-13,15,17-19H2,1-2H3,(H2,30,31,33,34,35)/t22-/m0/s1. The molecular weight excluding hydrogens is 506 g/mol. The van der Waals surface area contributed by atoms with Crippen LogP contribution in [0, 0.1) is 19.8 Å². The van der Waals surface area contributed by atoms with Crippen LogP contribution < -0.4 is 5.32 Å². The minimum absolute atomic E-state index is 0.145. The largest absolute Gasteiger partial charge is 0.379 e. The van der Waals surface area contributed by atoms with Crippen LogP contribution >= 0.6 is 0 Å². The van der Waals surface area contributed by atoms with Crippen molar-refractivity contribution in [2.45, 2.75) is 46.2 Å². The average molecular weight is 544 g/mol. The van der Waals surface area contributed by atoms with Gasteiger partial charge in [-0.05, 0) is 51.2 Å². The number of nitrogens with zero attached hydrogens (tertiary/aromatic N) is 7. The number of rotatable bonds is 8. The van der Waals surface area contributed by atoms with Gasteiger partial charge in [0.1, 0.15) is 24.0 Å². The van der Waals surface area contributed by atoms with E-state index in [-0.39, 0.29) is 5.91 Å². The summed E-state index contributed by atoms with van der Waals surface area (Å²) in [5.74, 6) is 3.61. The molecule has 0 radical (unpaired) electrons. The topological polar surface area (TPSA) is 117 Å². The summed E-state index contributed by atoms with van der Waals surface area (Å²) < 4.78 is 7.63. The molecule has 1 aromatic carbocycles. The monoisotopic (exact) mass is 543 g/mol. The summed E-state index contributed by atoms with van der Waals surface area (Å²) in [6, 6.07) is 12.0. The summed E-state index contributed by atoms with van der Waals surface area (Å²) >= 11 is 0. The molecule has 11 nitrogen and oxygen atoms in total. The number of likely N-dealkylation sites (tertiary alicyclic amines) is 1. The number of benzene rings is 1. The quantitative estimate of drug-likeness (QED) is 0.348. The first-order chi connectivity index (χ1) is 19.5. The third kappa shape index (κ3) is 6.15. The molecule has 2 aliphatic rings. The SMILES string of the molecule is Cc1nc(C[C@@H]2CCCN(C(=O)Cn3c(CN4CCOCC4)nc4ccccc43)C2)cc(Nc2cc(C)[nH]n2)n1. The Morgan fingerprint density at radius 2 is 1.93 bits per heavy atom. The highest BCUT2D eigenvalue weighted by atomic mass is 16.5. The number of aromatic amines is 1. The fourth-order valence-electron chi connectivity index (χ4n) is 5.78. The van der Waals surface area contributed by atoms with E-state index in [0.29, 0.717) is 12.5 Å². The van der Waals surface area contributed by atoms with Gasteiger partial charge >= 0.3 is 0 Å². The number of para-hydroxylation sites is 2. The predicted molar refractivity (Wildman–Crippen MR) is 152 cm³/mol. The van der Waals surface area contributed by atoms with Crippen LogP contribution in [-0.4, -0.2) is 84.8 Å². The van der Waals surface area contributed by atoms with Crippen LogP contribution in [-0.2, 0) is 29.0 Å². The van der Waals surface area contributed by atoms with E-state index >= 15 is 0 Å². The van der Waals surface area contributed by atoms with Crippen LogP contribution in [0.2, 0.25) is 0 Å². The Morgan fingerprint density at radius 1 is 1.07 bits per heavy atom. The Balaban J connectivity index is 1.13. The molecule has 0 aliphatic carbocycles. The molecule has 0 bridgehead atoms. The molecule has 2 aliphatic heterocycles. The number of morpholine rings is 1. The minimum atomic E-state index is 0.145. The fraction of sp³-hybridized carbons (Fsp3) is 0.483. The van der Waals surface area contributed by atoms with Crippen LogP contribution in [0.25, 0.3) is 11.0 Å². The number of aryl methyl sites for hydroxylation is 2. The van der Waals surface area contributed by atoms with Gasteiger partial charge < -0.3 is 19.5 Å². The molecule has 1 atom stereocenters. The lowest BCUT2D eigenvalue weighted by Crippen LogP contribution is -2.42. The molecule has 210 valence electrons. The van der Waals surface area contributed by atoms with Crippen molar-refractivity contribution in [2.24, 2.45) is 5.92 Å². The smallest absolute Gasteiger partial charge is 0.242 e. The van der Waals surface area contributed by atoms with Crippen molar-refractivity contribution in [3.05, 3.63) is 59.4 Å². The van der Waals surface area contributed by atoms with Gasteiger partial charge in [-0.15, -0.1) is 0 Å². The number of hydrogen-bond acceptors (Lipinski definition) is 8. The first kappa shape index (κ1) is 26.4. The van der Waals surface area contributed by atoms with E-state index in [2.05, 4.69) is 36.0 Å². The van der Waals surface area contributed by atoms with Crippen molar-refractivity contribution in [2.75, 3.05) is 44.7 Å². The van der Waals surface area contributed by atoms with Crippen LogP contribution in [0.5, 0.6) is 0 Å². The maximum Gasteiger partial charge on any atom is 0.242 e. The third-order valence-electron chi connectivity index (χ3n) is 7.72. The molecule has 0 unspecified atom stereocenters. The van der Waals surface area contributed by atoms with Gasteiger partial charge in [0.25, 0.3) is 0 Å². The van der Waals surface area contributed by atoms with Crippen molar-refractivity contribution in [1.29, 1.82) is 0 Å². The van der Waals surface area contributed by atoms with Gasteiger partial charge in [0.2, 0.25) is 5.91 Å². The molecule has 0 spiro atoms. The van der Waals surface area contributed by atoms with Gasteiger partial charge in [-0.25, -0.2) is 15.0 Å². The van der Waals surface area contributed by atoms with Crippen LogP contribution in [0.1, 0.15) is 35.9 Å². The van der Waals surface area contributed by atoms with Gasteiger partial charge in [-0.2, -0.15) is 5.10 Å². The number of imidazole rings is 1. The Morgan fingerprint density at radius 3 is 2.75 bits per heavy atom. The zero-order valence-corrected chi connectivity index (χ0v) is 23.3. The molecule has 2 fully saturated rings. The molecule has 3 aromatic heterocycles. The molecular formula is C29H37N9O2. The van der Waals surface area contributed by atoms with Crippen LogP contribution in [0.4, 0.5) is 11.6 Å². The number of nitrogens with one attached hydrogen (secondary N) is 2. The second kappa shape index (κ2) is 11.7. The summed E-state index contributed by atoms with van der Waals surface area (Å²) in [6.45, 7) is 9.64. The highest BCUT2D eigenvalue weighted by molar-refractivity contribution is 5.81. The number of piperidine rings is 1. The Bertz CT molecular complexity index is 1470. The second-order valence-corrected chi connectivity index (χ2v) is 10.9. The van der Waals surface area contributed by atoms with E-state index in [1.165, 1.54) is 0 Å². The molecule has 40 heavy (non-hydrogen) atoms. The van der Waals surface area contributed by atoms with Crippen molar-refractivity contribution in [3.8, 4) is 0 Å². The Kier molecular flexibility index (Phi) is 7.74. The van der Waals surface area contributed by atoms with E-state index < -0.39 is 0 Å². The predicted octanol–water partition coefficient (Wildman–Crippen LogP) is 3.22. The number of carbonyl (C=O) groups is 1. The van der Waals surface area contributed by atoms with Gasteiger partial charge in [-0.1, -0.05) is 12.1 Å². The molecule has 0 saturated carbocycles. The number of H-pyrrole nitrogens is 1. The van der Waals surface area contributed by atoms with E-state index in [1.807, 2.05) is 49.1 Å². The first-order valence-corrected chi connectivity index (χ1v) is 14.2. The molecule has 1 amide bonds. The van der Waals surface area contributed by atoms with E-state index in [4.69, 9.17) is 14.7 Å². The van der Waals surface area contributed by atoms with E-state index in [0.717, 1.165) is 111 Å². The van der Waals surface area contributed by atoms with Crippen molar-refractivity contribution >= 4 is 28.6 Å². The number of anilines is 2. The fourth-order valence-corrected chi connectivity index (χ4v) is 5.78. The second-order valence-electron chi connectivity index (χ2n) is 10.9. The Hall–Kier alpha value is -3.83. The number of ether oxygens (including phenoxy) is 1. The van der Waals surface area contributed by atoms with Gasteiger partial charge in [0.15, 0.2) is 5.82 Å². The number of fused-ring (bicyclic) bond motifs is 1. The minimum Gasteiger partial charge on any atom is -0.379 e. The van der Waals surface area contributed by atoms with Crippen molar-refractivity contribution in [1.82, 2.24) is 39.5 Å². The number of carbonyl (C=O) groups excluding carboxylic acids is 1. The lowest BCUT2D eigenvalue weighted by molar-refractivity contribution is -0.133. The average Bonchev–Trinajstić information content (AvgIpc) is 3.51. The number of amides is 1. The number of aromatic nitrogens is 6. The highest BCUT2D eigenvalue weighted by Gasteiger charge is 2.26. The summed E-state index contributed by atoms with van der Waals surface area (Å²) in [5.41, 5.74) is 3.91. The summed E-state index contributed by atoms with van der Waals surface area (Å²) in [4.78, 5) is 32.2. The van der Waals surface area contributed by atoms with Crippen LogP contribution in [0.3, 0.4) is 0 Å². The molecule has 2 saturated heterocycles. The lowest BCUT2D eigenvalue weighted by atomic mass is 9.93. The van der Waals surface area contributed by atoms with Gasteiger partial charge in [0, 0.05) is 49.7 Å². The zero-order chi connectivity index (χ0) is 27.5. The summed E-state index contributed by atoms with van der Waals surface area (Å²) in [7, 11) is 0. The Labute approximate surface area is 234 Å². The zero-order valence-electron chi connectivity index (χ0n) is 23.3. The van der Waals surface area contributed by atoms with Crippen molar-refractivity contribution in [3.63, 3.8) is 0 Å². The third-order valence-corrected chi connectivity index (χ3v) is 7.72.